The van der Waals surface area contributed by atoms with Crippen LogP contribution in [-0.4, -0.2) is 26.9 Å². The summed E-state index contributed by atoms with van der Waals surface area (Å²) in [5.74, 6) is -1.09. The highest BCUT2D eigenvalue weighted by molar-refractivity contribution is 7.53. The number of carboxylic acids is 1. The standard InChI is InChI=1S/C9H13N2O5P/c10-8(9(12)13)5-6-1-3-7(4-2-6)11-17(14,15)16/h1-4,8H,5,10H2,(H,12,13)(H3,11,14,15,16)/t8-/m0/s1. The van der Waals surface area contributed by atoms with E-state index in [0.29, 0.717) is 5.56 Å². The molecule has 0 aliphatic carbocycles. The van der Waals surface area contributed by atoms with Crippen molar-refractivity contribution in [3.05, 3.63) is 29.8 Å². The number of benzene rings is 1. The van der Waals surface area contributed by atoms with Crippen LogP contribution in [0.4, 0.5) is 5.69 Å². The van der Waals surface area contributed by atoms with Crippen molar-refractivity contribution in [2.45, 2.75) is 12.5 Å². The molecule has 1 rings (SSSR count). The first-order valence-electron chi connectivity index (χ1n) is 4.69. The van der Waals surface area contributed by atoms with Crippen molar-refractivity contribution >= 4 is 19.4 Å². The van der Waals surface area contributed by atoms with Crippen molar-refractivity contribution in [1.29, 1.82) is 0 Å². The highest BCUT2D eigenvalue weighted by Gasteiger charge is 2.14. The van der Waals surface area contributed by atoms with Crippen LogP contribution in [0.25, 0.3) is 0 Å². The molecule has 0 bridgehead atoms. The molecule has 1 aromatic carbocycles. The molecule has 0 fully saturated rings. The van der Waals surface area contributed by atoms with Crippen LogP contribution in [0.5, 0.6) is 0 Å². The van der Waals surface area contributed by atoms with E-state index < -0.39 is 19.8 Å². The average Bonchev–Trinajstić information content (AvgIpc) is 2.18. The number of nitrogens with one attached hydrogen (secondary N) is 1. The second kappa shape index (κ2) is 5.29. The Labute approximate surface area is 97.5 Å². The maximum absolute atomic E-state index is 10.6. The number of aliphatic carboxylic acids is 1. The Kier molecular flexibility index (Phi) is 4.25. The smallest absolute Gasteiger partial charge is 0.427 e. The van der Waals surface area contributed by atoms with Gasteiger partial charge in [0.2, 0.25) is 0 Å². The molecule has 1 aromatic rings. The van der Waals surface area contributed by atoms with E-state index in [2.05, 4.69) is 0 Å². The first kappa shape index (κ1) is 13.7. The number of carboxylic acid groups (broad SMARTS) is 1. The van der Waals surface area contributed by atoms with Gasteiger partial charge >= 0.3 is 13.7 Å². The van der Waals surface area contributed by atoms with Crippen molar-refractivity contribution < 1.29 is 24.3 Å². The minimum atomic E-state index is -4.31. The summed E-state index contributed by atoms with van der Waals surface area (Å²) in [6.07, 6.45) is 0.158. The SMILES string of the molecule is N[C@@H](Cc1ccc(NP(=O)(O)O)cc1)C(=O)O. The summed E-state index contributed by atoms with van der Waals surface area (Å²) >= 11 is 0. The summed E-state index contributed by atoms with van der Waals surface area (Å²) < 4.78 is 10.6. The predicted molar refractivity (Wildman–Crippen MR) is 61.4 cm³/mol. The van der Waals surface area contributed by atoms with Gasteiger partial charge in [-0.15, -0.1) is 0 Å². The van der Waals surface area contributed by atoms with Crippen LogP contribution in [0.15, 0.2) is 24.3 Å². The lowest BCUT2D eigenvalue weighted by Crippen LogP contribution is -2.32. The lowest BCUT2D eigenvalue weighted by Gasteiger charge is -2.09. The van der Waals surface area contributed by atoms with Gasteiger partial charge in [-0.1, -0.05) is 12.1 Å². The third-order valence-electron chi connectivity index (χ3n) is 2.00. The number of hydrogen-bond acceptors (Lipinski definition) is 3. The molecular weight excluding hydrogens is 247 g/mol. The molecular formula is C9H13N2O5P. The van der Waals surface area contributed by atoms with Crippen molar-refractivity contribution in [1.82, 2.24) is 0 Å². The van der Waals surface area contributed by atoms with Gasteiger partial charge in [-0.2, -0.15) is 0 Å². The number of nitrogens with two attached hydrogens (primary N) is 1. The zero-order valence-electron chi connectivity index (χ0n) is 8.78. The van der Waals surface area contributed by atoms with Crippen LogP contribution >= 0.6 is 7.75 Å². The van der Waals surface area contributed by atoms with Crippen LogP contribution in [0.3, 0.4) is 0 Å². The van der Waals surface area contributed by atoms with Crippen LogP contribution in [0.2, 0.25) is 0 Å². The lowest BCUT2D eigenvalue weighted by molar-refractivity contribution is -0.138. The number of anilines is 1. The topological polar surface area (TPSA) is 133 Å². The van der Waals surface area contributed by atoms with E-state index >= 15 is 0 Å². The third kappa shape index (κ3) is 4.97. The summed E-state index contributed by atoms with van der Waals surface area (Å²) in [5, 5.41) is 10.6. The Morgan fingerprint density at radius 2 is 1.88 bits per heavy atom. The molecule has 0 radical (unpaired) electrons. The van der Waals surface area contributed by atoms with Gasteiger partial charge in [0.15, 0.2) is 0 Å². The molecule has 0 amide bonds. The Balaban J connectivity index is 2.68. The number of rotatable bonds is 5. The van der Waals surface area contributed by atoms with Crippen LogP contribution in [0, 0.1) is 0 Å². The van der Waals surface area contributed by atoms with Gasteiger partial charge in [-0.3, -0.25) is 9.88 Å². The molecule has 0 spiro atoms. The minimum Gasteiger partial charge on any atom is -0.480 e. The lowest BCUT2D eigenvalue weighted by atomic mass is 10.1. The molecule has 0 aromatic heterocycles. The van der Waals surface area contributed by atoms with E-state index in [1.165, 1.54) is 12.1 Å². The van der Waals surface area contributed by atoms with Crippen LogP contribution in [0.1, 0.15) is 5.56 Å². The van der Waals surface area contributed by atoms with Gasteiger partial charge in [-0.25, -0.2) is 4.57 Å². The molecule has 8 heteroatoms. The fourth-order valence-corrected chi connectivity index (χ4v) is 1.71. The van der Waals surface area contributed by atoms with Gasteiger partial charge in [-0.05, 0) is 24.1 Å². The number of carbonyl (C=O) groups is 1. The van der Waals surface area contributed by atoms with Crippen molar-refractivity contribution in [2.75, 3.05) is 5.09 Å². The molecule has 0 aliphatic heterocycles. The highest BCUT2D eigenvalue weighted by Crippen LogP contribution is 2.35. The minimum absolute atomic E-state index is 0.158. The molecule has 7 nitrogen and oxygen atoms in total. The molecule has 0 heterocycles. The van der Waals surface area contributed by atoms with Gasteiger partial charge in [0.25, 0.3) is 0 Å². The predicted octanol–water partition coefficient (Wildman–Crippen LogP) is 0.146. The largest absolute Gasteiger partial charge is 0.480 e. The van der Waals surface area contributed by atoms with Crippen molar-refractivity contribution in [2.24, 2.45) is 5.73 Å². The molecule has 6 N–H and O–H groups in total. The molecule has 94 valence electrons. The van der Waals surface area contributed by atoms with Gasteiger partial charge < -0.3 is 20.6 Å². The third-order valence-corrected chi connectivity index (χ3v) is 2.55. The summed E-state index contributed by atoms with van der Waals surface area (Å²) in [5.41, 5.74) is 6.28. The Bertz CT molecular complexity index is 441. The zero-order chi connectivity index (χ0) is 13.1. The van der Waals surface area contributed by atoms with Crippen LogP contribution in [-0.2, 0) is 15.8 Å². The van der Waals surface area contributed by atoms with Gasteiger partial charge in [0, 0.05) is 5.69 Å². The maximum atomic E-state index is 10.6. The highest BCUT2D eigenvalue weighted by atomic mass is 31.2. The monoisotopic (exact) mass is 260 g/mol. The van der Waals surface area contributed by atoms with Crippen molar-refractivity contribution in [3.63, 3.8) is 0 Å². The summed E-state index contributed by atoms with van der Waals surface area (Å²) in [7, 11) is -4.31. The summed E-state index contributed by atoms with van der Waals surface area (Å²) in [6, 6.07) is 5.02. The molecule has 0 unspecified atom stereocenters. The normalized spacial score (nSPS) is 13.1. The Hall–Kier alpha value is -1.40. The second-order valence-corrected chi connectivity index (χ2v) is 4.81. The molecule has 0 aliphatic rings. The van der Waals surface area contributed by atoms with E-state index in [4.69, 9.17) is 20.6 Å². The molecule has 0 saturated heterocycles. The first-order chi connectivity index (χ1) is 7.78. The molecule has 1 atom stereocenters. The van der Waals surface area contributed by atoms with E-state index in [-0.39, 0.29) is 12.1 Å². The fraction of sp³-hybridized carbons (Fsp3) is 0.222. The van der Waals surface area contributed by atoms with E-state index in [1.807, 2.05) is 5.09 Å². The van der Waals surface area contributed by atoms with Gasteiger partial charge in [0.05, 0.1) is 0 Å². The second-order valence-electron chi connectivity index (χ2n) is 3.50. The summed E-state index contributed by atoms with van der Waals surface area (Å²) in [4.78, 5) is 27.8. The Morgan fingerprint density at radius 3 is 2.29 bits per heavy atom. The molecule has 17 heavy (non-hydrogen) atoms. The van der Waals surface area contributed by atoms with E-state index in [0.717, 1.165) is 0 Å². The fourth-order valence-electron chi connectivity index (χ4n) is 1.22. The zero-order valence-corrected chi connectivity index (χ0v) is 9.67. The van der Waals surface area contributed by atoms with E-state index in [9.17, 15) is 9.36 Å². The Morgan fingerprint density at radius 1 is 1.35 bits per heavy atom. The first-order valence-corrected chi connectivity index (χ1v) is 6.30. The van der Waals surface area contributed by atoms with Gasteiger partial charge in [0.1, 0.15) is 6.04 Å². The van der Waals surface area contributed by atoms with Crippen molar-refractivity contribution in [3.8, 4) is 0 Å². The van der Waals surface area contributed by atoms with E-state index in [1.54, 1.807) is 12.1 Å². The van der Waals surface area contributed by atoms with Crippen LogP contribution < -0.4 is 10.8 Å². The average molecular weight is 260 g/mol. The summed E-state index contributed by atoms with van der Waals surface area (Å²) in [6.45, 7) is 0. The number of hydrogen-bond donors (Lipinski definition) is 5. The quantitative estimate of drug-likeness (QED) is 0.476. The maximum Gasteiger partial charge on any atom is 0.427 e. The molecule has 0 saturated carbocycles.